The second-order valence-electron chi connectivity index (χ2n) is 6.87. The number of fused-ring (bicyclic) bond motifs is 2. The first-order chi connectivity index (χ1) is 11.8. The monoisotopic (exact) mass is 321 g/mol. The zero-order chi connectivity index (χ0) is 16.1. The highest BCUT2D eigenvalue weighted by Gasteiger charge is 2.49. The SMILES string of the molecule is O=C1NCCCN1c1cccc(-c2cnc3c(c2)C2(CC2)CN3)n1. The largest absolute Gasteiger partial charge is 0.369 e. The van der Waals surface area contributed by atoms with Crippen LogP contribution in [0.1, 0.15) is 24.8 Å². The third-order valence-electron chi connectivity index (χ3n) is 5.29. The summed E-state index contributed by atoms with van der Waals surface area (Å²) in [6.45, 7) is 2.44. The van der Waals surface area contributed by atoms with E-state index >= 15 is 0 Å². The van der Waals surface area contributed by atoms with Gasteiger partial charge in [0.1, 0.15) is 11.6 Å². The number of nitrogens with zero attached hydrogens (tertiary/aromatic N) is 3. The van der Waals surface area contributed by atoms with E-state index in [0.717, 1.165) is 36.6 Å². The van der Waals surface area contributed by atoms with E-state index in [9.17, 15) is 4.79 Å². The molecule has 1 spiro atoms. The van der Waals surface area contributed by atoms with Gasteiger partial charge in [-0.05, 0) is 37.5 Å². The number of rotatable bonds is 2. The summed E-state index contributed by atoms with van der Waals surface area (Å²) in [5.74, 6) is 1.72. The van der Waals surface area contributed by atoms with Crippen LogP contribution in [0.25, 0.3) is 11.3 Å². The Labute approximate surface area is 140 Å². The van der Waals surface area contributed by atoms with Crippen molar-refractivity contribution in [2.45, 2.75) is 24.7 Å². The number of nitrogens with one attached hydrogen (secondary N) is 2. The molecule has 2 aromatic rings. The molecule has 1 saturated carbocycles. The van der Waals surface area contributed by atoms with Gasteiger partial charge in [0.15, 0.2) is 0 Å². The van der Waals surface area contributed by atoms with E-state index < -0.39 is 0 Å². The highest BCUT2D eigenvalue weighted by Crippen LogP contribution is 2.54. The summed E-state index contributed by atoms with van der Waals surface area (Å²) in [6, 6.07) is 7.98. The summed E-state index contributed by atoms with van der Waals surface area (Å²) < 4.78 is 0. The van der Waals surface area contributed by atoms with Crippen LogP contribution in [0.4, 0.5) is 16.4 Å². The third kappa shape index (κ3) is 2.06. The topological polar surface area (TPSA) is 70.2 Å². The average Bonchev–Trinajstić information content (AvgIpc) is 3.32. The molecular formula is C18H19N5O. The Kier molecular flexibility index (Phi) is 2.83. The van der Waals surface area contributed by atoms with Crippen LogP contribution in [0, 0.1) is 0 Å². The second kappa shape index (κ2) is 4.93. The van der Waals surface area contributed by atoms with Gasteiger partial charge in [-0.2, -0.15) is 0 Å². The molecule has 24 heavy (non-hydrogen) atoms. The van der Waals surface area contributed by atoms with Gasteiger partial charge < -0.3 is 10.6 Å². The fraction of sp³-hybridized carbons (Fsp3) is 0.389. The molecule has 0 unspecified atom stereocenters. The fourth-order valence-corrected chi connectivity index (χ4v) is 3.68. The highest BCUT2D eigenvalue weighted by molar-refractivity contribution is 5.91. The quantitative estimate of drug-likeness (QED) is 0.892. The van der Waals surface area contributed by atoms with E-state index in [1.54, 1.807) is 4.90 Å². The molecule has 6 heteroatoms. The van der Waals surface area contributed by atoms with E-state index in [4.69, 9.17) is 4.98 Å². The summed E-state index contributed by atoms with van der Waals surface area (Å²) in [5.41, 5.74) is 3.51. The zero-order valence-corrected chi connectivity index (χ0v) is 13.4. The lowest BCUT2D eigenvalue weighted by atomic mass is 9.98. The van der Waals surface area contributed by atoms with Crippen molar-refractivity contribution in [3.63, 3.8) is 0 Å². The molecule has 2 aromatic heterocycles. The van der Waals surface area contributed by atoms with Crippen molar-refractivity contribution in [2.75, 3.05) is 29.9 Å². The van der Waals surface area contributed by atoms with Crippen molar-refractivity contribution in [3.05, 3.63) is 36.0 Å². The van der Waals surface area contributed by atoms with Gasteiger partial charge in [-0.15, -0.1) is 0 Å². The van der Waals surface area contributed by atoms with E-state index in [1.165, 1.54) is 18.4 Å². The third-order valence-corrected chi connectivity index (χ3v) is 5.29. The minimum Gasteiger partial charge on any atom is -0.369 e. The van der Waals surface area contributed by atoms with Gasteiger partial charge in [-0.25, -0.2) is 14.8 Å². The van der Waals surface area contributed by atoms with Crippen molar-refractivity contribution < 1.29 is 4.79 Å². The van der Waals surface area contributed by atoms with Gasteiger partial charge in [0, 0.05) is 42.4 Å². The van der Waals surface area contributed by atoms with Gasteiger partial charge in [0.2, 0.25) is 0 Å². The molecule has 1 saturated heterocycles. The maximum absolute atomic E-state index is 12.0. The lowest BCUT2D eigenvalue weighted by Gasteiger charge is -2.26. The standard InChI is InChI=1S/C18H19N5O/c24-17-19-7-2-8-23(17)15-4-1-3-14(22-15)12-9-13-16(20-10-12)21-11-18(13)5-6-18/h1,3-4,9-10H,2,5-8,11H2,(H,19,24)(H,20,21). The predicted octanol–water partition coefficient (Wildman–Crippen LogP) is 2.52. The van der Waals surface area contributed by atoms with Crippen LogP contribution in [0.5, 0.6) is 0 Å². The molecule has 1 aliphatic carbocycles. The number of aromatic nitrogens is 2. The predicted molar refractivity (Wildman–Crippen MR) is 92.2 cm³/mol. The van der Waals surface area contributed by atoms with E-state index in [-0.39, 0.29) is 6.03 Å². The average molecular weight is 321 g/mol. The number of anilines is 2. The van der Waals surface area contributed by atoms with Crippen molar-refractivity contribution in [2.24, 2.45) is 0 Å². The number of carbonyl (C=O) groups excluding carboxylic acids is 1. The van der Waals surface area contributed by atoms with Crippen molar-refractivity contribution in [1.82, 2.24) is 15.3 Å². The lowest BCUT2D eigenvalue weighted by molar-refractivity contribution is 0.242. The Hall–Kier alpha value is -2.63. The van der Waals surface area contributed by atoms with Crippen LogP contribution in [-0.2, 0) is 5.41 Å². The summed E-state index contributed by atoms with van der Waals surface area (Å²) in [6.07, 6.45) is 5.28. The molecule has 2 amide bonds. The van der Waals surface area contributed by atoms with Crippen LogP contribution in [0.2, 0.25) is 0 Å². The van der Waals surface area contributed by atoms with Crippen molar-refractivity contribution in [1.29, 1.82) is 0 Å². The van der Waals surface area contributed by atoms with Gasteiger partial charge in [0.25, 0.3) is 0 Å². The number of hydrogen-bond donors (Lipinski definition) is 2. The molecule has 0 aromatic carbocycles. The lowest BCUT2D eigenvalue weighted by Crippen LogP contribution is -2.46. The normalized spacial score (nSPS) is 20.5. The molecule has 4 heterocycles. The Bertz CT molecular complexity index is 830. The first-order valence-corrected chi connectivity index (χ1v) is 8.52. The Balaban J connectivity index is 1.52. The van der Waals surface area contributed by atoms with Crippen LogP contribution < -0.4 is 15.5 Å². The molecular weight excluding hydrogens is 302 g/mol. The van der Waals surface area contributed by atoms with Crippen LogP contribution >= 0.6 is 0 Å². The zero-order valence-electron chi connectivity index (χ0n) is 13.4. The molecule has 0 atom stereocenters. The fourth-order valence-electron chi connectivity index (χ4n) is 3.68. The first-order valence-electron chi connectivity index (χ1n) is 8.52. The number of hydrogen-bond acceptors (Lipinski definition) is 4. The smallest absolute Gasteiger partial charge is 0.323 e. The van der Waals surface area contributed by atoms with Crippen LogP contribution in [0.15, 0.2) is 30.5 Å². The molecule has 0 bridgehead atoms. The summed E-state index contributed by atoms with van der Waals surface area (Å²) in [5, 5.41) is 6.28. The van der Waals surface area contributed by atoms with Gasteiger partial charge in [-0.1, -0.05) is 6.07 Å². The molecule has 122 valence electrons. The minimum atomic E-state index is -0.0703. The summed E-state index contributed by atoms with van der Waals surface area (Å²) >= 11 is 0. The highest BCUT2D eigenvalue weighted by atomic mass is 16.2. The van der Waals surface area contributed by atoms with Crippen molar-refractivity contribution >= 4 is 17.7 Å². The van der Waals surface area contributed by atoms with Gasteiger partial charge in [0.05, 0.1) is 5.69 Å². The molecule has 0 radical (unpaired) electrons. The van der Waals surface area contributed by atoms with E-state index in [0.29, 0.717) is 17.8 Å². The minimum absolute atomic E-state index is 0.0703. The molecule has 6 nitrogen and oxygen atoms in total. The first kappa shape index (κ1) is 13.8. The summed E-state index contributed by atoms with van der Waals surface area (Å²) in [4.78, 5) is 23.0. The summed E-state index contributed by atoms with van der Waals surface area (Å²) in [7, 11) is 0. The van der Waals surface area contributed by atoms with Crippen LogP contribution in [-0.4, -0.2) is 35.6 Å². The van der Waals surface area contributed by atoms with Gasteiger partial charge in [-0.3, -0.25) is 4.90 Å². The molecule has 2 aliphatic heterocycles. The van der Waals surface area contributed by atoms with Crippen LogP contribution in [0.3, 0.4) is 0 Å². The number of urea groups is 1. The molecule has 2 N–H and O–H groups in total. The molecule has 3 aliphatic rings. The second-order valence-corrected chi connectivity index (χ2v) is 6.87. The molecule has 5 rings (SSSR count). The Morgan fingerprint density at radius 3 is 2.96 bits per heavy atom. The van der Waals surface area contributed by atoms with Gasteiger partial charge >= 0.3 is 6.03 Å². The van der Waals surface area contributed by atoms with E-state index in [1.807, 2.05) is 24.4 Å². The number of pyridine rings is 2. The molecule has 2 fully saturated rings. The maximum atomic E-state index is 12.0. The van der Waals surface area contributed by atoms with E-state index in [2.05, 4.69) is 21.7 Å². The number of carbonyl (C=O) groups is 1. The van der Waals surface area contributed by atoms with Crippen molar-refractivity contribution in [3.8, 4) is 11.3 Å². The number of amides is 2. The maximum Gasteiger partial charge on any atom is 0.323 e. The Morgan fingerprint density at radius 1 is 1.21 bits per heavy atom. The Morgan fingerprint density at radius 2 is 2.12 bits per heavy atom.